The van der Waals surface area contributed by atoms with Crippen LogP contribution in [0.2, 0.25) is 0 Å². The molecule has 0 aliphatic rings. The lowest BCUT2D eigenvalue weighted by molar-refractivity contribution is 0.131. The summed E-state index contributed by atoms with van der Waals surface area (Å²) in [5, 5.41) is 0. The Morgan fingerprint density at radius 1 is 1.06 bits per heavy atom. The molecular weight excluding hydrogens is 198 g/mol. The minimum absolute atomic E-state index is 0.101. The Balaban J connectivity index is 2.76. The highest BCUT2D eigenvalue weighted by atomic mass is 16.5. The molecule has 0 unspecified atom stereocenters. The minimum Gasteiger partial charge on any atom is -0.488 e. The van der Waals surface area contributed by atoms with Gasteiger partial charge in [0.25, 0.3) is 0 Å². The van der Waals surface area contributed by atoms with Crippen molar-refractivity contribution >= 4 is 0 Å². The number of nitrogens with two attached hydrogens (primary N) is 1. The number of rotatable bonds is 3. The zero-order valence-corrected chi connectivity index (χ0v) is 10.9. The van der Waals surface area contributed by atoms with Crippen molar-refractivity contribution in [3.8, 4) is 5.75 Å². The van der Waals surface area contributed by atoms with Gasteiger partial charge in [-0.2, -0.15) is 0 Å². The summed E-state index contributed by atoms with van der Waals surface area (Å²) in [5.74, 6) is 1.35. The predicted octanol–water partition coefficient (Wildman–Crippen LogP) is 3.52. The largest absolute Gasteiger partial charge is 0.488 e. The molecule has 90 valence electrons. The first-order valence-electron chi connectivity index (χ1n) is 5.84. The molecule has 0 aromatic heterocycles. The summed E-state index contributed by atoms with van der Waals surface area (Å²) < 4.78 is 5.76. The van der Waals surface area contributed by atoms with Gasteiger partial charge in [0.15, 0.2) is 0 Å². The van der Waals surface area contributed by atoms with Crippen LogP contribution in [-0.4, -0.2) is 5.60 Å². The fourth-order valence-electron chi connectivity index (χ4n) is 1.50. The van der Waals surface area contributed by atoms with Gasteiger partial charge in [-0.15, -0.1) is 0 Å². The normalized spacial score (nSPS) is 13.9. The lowest BCUT2D eigenvalue weighted by atomic mass is 9.97. The van der Waals surface area contributed by atoms with E-state index in [4.69, 9.17) is 10.5 Å². The number of hydrogen-bond donors (Lipinski definition) is 1. The standard InChI is InChI=1S/C14H23NO/c1-10(2)13(15)11-6-8-12(9-7-11)16-14(3,4)5/h6-10,13H,15H2,1-5H3/t13-/m0/s1. The van der Waals surface area contributed by atoms with Gasteiger partial charge in [-0.3, -0.25) is 0 Å². The lowest BCUT2D eigenvalue weighted by Gasteiger charge is -2.22. The van der Waals surface area contributed by atoms with Crippen molar-refractivity contribution in [2.75, 3.05) is 0 Å². The Bertz CT molecular complexity index is 322. The van der Waals surface area contributed by atoms with Crippen molar-refractivity contribution in [3.05, 3.63) is 29.8 Å². The van der Waals surface area contributed by atoms with E-state index < -0.39 is 0 Å². The fourth-order valence-corrected chi connectivity index (χ4v) is 1.50. The molecule has 1 atom stereocenters. The molecule has 2 heteroatoms. The molecule has 0 fully saturated rings. The second-order valence-corrected chi connectivity index (χ2v) is 5.55. The van der Waals surface area contributed by atoms with Crippen molar-refractivity contribution in [1.82, 2.24) is 0 Å². The summed E-state index contributed by atoms with van der Waals surface area (Å²) in [6, 6.07) is 8.17. The summed E-state index contributed by atoms with van der Waals surface area (Å²) in [6.07, 6.45) is 0. The van der Waals surface area contributed by atoms with Gasteiger partial charge >= 0.3 is 0 Å². The molecule has 0 aliphatic carbocycles. The van der Waals surface area contributed by atoms with E-state index in [1.54, 1.807) is 0 Å². The van der Waals surface area contributed by atoms with Gasteiger partial charge in [0.2, 0.25) is 0 Å². The van der Waals surface area contributed by atoms with Gasteiger partial charge in [-0.25, -0.2) is 0 Å². The van der Waals surface area contributed by atoms with E-state index in [9.17, 15) is 0 Å². The van der Waals surface area contributed by atoms with Crippen LogP contribution < -0.4 is 10.5 Å². The number of hydrogen-bond acceptors (Lipinski definition) is 2. The Morgan fingerprint density at radius 3 is 1.94 bits per heavy atom. The van der Waals surface area contributed by atoms with E-state index in [0.717, 1.165) is 11.3 Å². The van der Waals surface area contributed by atoms with Crippen LogP contribution in [0.5, 0.6) is 5.75 Å². The molecule has 0 saturated carbocycles. The monoisotopic (exact) mass is 221 g/mol. The average Bonchev–Trinajstić information content (AvgIpc) is 2.15. The van der Waals surface area contributed by atoms with E-state index >= 15 is 0 Å². The smallest absolute Gasteiger partial charge is 0.120 e. The van der Waals surface area contributed by atoms with Crippen LogP contribution in [0.25, 0.3) is 0 Å². The topological polar surface area (TPSA) is 35.2 Å². The first-order valence-corrected chi connectivity index (χ1v) is 5.84. The molecule has 0 spiro atoms. The maximum atomic E-state index is 6.07. The molecule has 0 heterocycles. The Morgan fingerprint density at radius 2 is 1.56 bits per heavy atom. The highest BCUT2D eigenvalue weighted by Crippen LogP contribution is 2.23. The summed E-state index contributed by atoms with van der Waals surface area (Å²) in [5.41, 5.74) is 7.09. The molecule has 0 bridgehead atoms. The molecule has 0 amide bonds. The van der Waals surface area contributed by atoms with Gasteiger partial charge in [0.05, 0.1) is 0 Å². The van der Waals surface area contributed by atoms with Crippen molar-refractivity contribution < 1.29 is 4.74 Å². The van der Waals surface area contributed by atoms with Gasteiger partial charge in [-0.1, -0.05) is 26.0 Å². The van der Waals surface area contributed by atoms with Crippen LogP contribution in [0.15, 0.2) is 24.3 Å². The Hall–Kier alpha value is -1.02. The van der Waals surface area contributed by atoms with Crippen molar-refractivity contribution in [2.45, 2.75) is 46.3 Å². The van der Waals surface area contributed by atoms with Crippen molar-refractivity contribution in [1.29, 1.82) is 0 Å². The first kappa shape index (κ1) is 13.0. The Kier molecular flexibility index (Phi) is 3.98. The lowest BCUT2D eigenvalue weighted by Crippen LogP contribution is -2.23. The SMILES string of the molecule is CC(C)[C@H](N)c1ccc(OC(C)(C)C)cc1. The number of ether oxygens (including phenoxy) is 1. The molecule has 0 saturated heterocycles. The molecular formula is C14H23NO. The number of benzene rings is 1. The van der Waals surface area contributed by atoms with Gasteiger partial charge in [0, 0.05) is 6.04 Å². The van der Waals surface area contributed by atoms with Crippen molar-refractivity contribution in [3.63, 3.8) is 0 Å². The van der Waals surface area contributed by atoms with Crippen LogP contribution in [-0.2, 0) is 0 Å². The summed E-state index contributed by atoms with van der Waals surface area (Å²) >= 11 is 0. The third-order valence-electron chi connectivity index (χ3n) is 2.41. The van der Waals surface area contributed by atoms with Crippen LogP contribution in [0.4, 0.5) is 0 Å². The van der Waals surface area contributed by atoms with E-state index in [0.29, 0.717) is 5.92 Å². The predicted molar refractivity (Wildman–Crippen MR) is 68.6 cm³/mol. The third-order valence-corrected chi connectivity index (χ3v) is 2.41. The van der Waals surface area contributed by atoms with E-state index in [1.165, 1.54) is 0 Å². The van der Waals surface area contributed by atoms with Crippen LogP contribution >= 0.6 is 0 Å². The maximum absolute atomic E-state index is 6.07. The highest BCUT2D eigenvalue weighted by molar-refractivity contribution is 5.29. The zero-order valence-electron chi connectivity index (χ0n) is 10.9. The minimum atomic E-state index is -0.151. The van der Waals surface area contributed by atoms with E-state index in [1.807, 2.05) is 45.0 Å². The summed E-state index contributed by atoms with van der Waals surface area (Å²) in [6.45, 7) is 10.4. The van der Waals surface area contributed by atoms with Crippen molar-refractivity contribution in [2.24, 2.45) is 11.7 Å². The molecule has 16 heavy (non-hydrogen) atoms. The quantitative estimate of drug-likeness (QED) is 0.847. The second-order valence-electron chi connectivity index (χ2n) is 5.55. The summed E-state index contributed by atoms with van der Waals surface area (Å²) in [4.78, 5) is 0. The molecule has 2 N–H and O–H groups in total. The van der Waals surface area contributed by atoms with Gasteiger partial charge in [0.1, 0.15) is 11.4 Å². The molecule has 1 rings (SSSR count). The fraction of sp³-hybridized carbons (Fsp3) is 0.571. The molecule has 0 aliphatic heterocycles. The van der Waals surface area contributed by atoms with Crippen LogP contribution in [0.3, 0.4) is 0 Å². The average molecular weight is 221 g/mol. The van der Waals surface area contributed by atoms with Gasteiger partial charge in [-0.05, 0) is 44.4 Å². The van der Waals surface area contributed by atoms with Crippen LogP contribution in [0.1, 0.15) is 46.2 Å². The second kappa shape index (κ2) is 4.88. The van der Waals surface area contributed by atoms with Gasteiger partial charge < -0.3 is 10.5 Å². The van der Waals surface area contributed by atoms with Crippen LogP contribution in [0, 0.1) is 5.92 Å². The van der Waals surface area contributed by atoms with E-state index in [2.05, 4.69) is 13.8 Å². The van der Waals surface area contributed by atoms with E-state index in [-0.39, 0.29) is 11.6 Å². The molecule has 2 nitrogen and oxygen atoms in total. The molecule has 1 aromatic carbocycles. The first-order chi connectivity index (χ1) is 7.29. The molecule has 0 radical (unpaired) electrons. The maximum Gasteiger partial charge on any atom is 0.120 e. The summed E-state index contributed by atoms with van der Waals surface area (Å²) in [7, 11) is 0. The molecule has 1 aromatic rings. The highest BCUT2D eigenvalue weighted by Gasteiger charge is 2.13. The Labute approximate surface area is 98.8 Å². The zero-order chi connectivity index (χ0) is 12.3. The third kappa shape index (κ3) is 3.86.